The van der Waals surface area contributed by atoms with Gasteiger partial charge in [0.05, 0.1) is 0 Å². The second kappa shape index (κ2) is 7.03. The fourth-order valence-electron chi connectivity index (χ4n) is 2.49. The molecule has 0 bridgehead atoms. The van der Waals surface area contributed by atoms with E-state index in [2.05, 4.69) is 37.8 Å². The number of hydrogen-bond donors (Lipinski definition) is 0. The van der Waals surface area contributed by atoms with Gasteiger partial charge in [0.15, 0.2) is 0 Å². The number of ketones is 1. The van der Waals surface area contributed by atoms with E-state index >= 15 is 0 Å². The molecule has 108 valence electrons. The van der Waals surface area contributed by atoms with Crippen molar-refractivity contribution in [3.63, 3.8) is 0 Å². The minimum Gasteiger partial charge on any atom is -0.299 e. The molecule has 1 unspecified atom stereocenters. The Hall–Kier alpha value is -2.15. The van der Waals surface area contributed by atoms with Crippen molar-refractivity contribution in [2.45, 2.75) is 32.6 Å². The van der Waals surface area contributed by atoms with E-state index in [1.54, 1.807) is 0 Å². The van der Waals surface area contributed by atoms with Crippen molar-refractivity contribution < 1.29 is 4.79 Å². The maximum absolute atomic E-state index is 12.7. The molecule has 0 saturated heterocycles. The Morgan fingerprint density at radius 3 is 2.24 bits per heavy atom. The zero-order valence-corrected chi connectivity index (χ0v) is 12.8. The minimum absolute atomic E-state index is 0.0942. The molecule has 0 aliphatic rings. The van der Waals surface area contributed by atoms with Gasteiger partial charge in [0.2, 0.25) is 0 Å². The summed E-state index contributed by atoms with van der Waals surface area (Å²) < 4.78 is 0. The maximum atomic E-state index is 12.7. The van der Waals surface area contributed by atoms with Gasteiger partial charge in [-0.2, -0.15) is 0 Å². The number of aryl methyl sites for hydroxylation is 1. The number of hydrogen-bond acceptors (Lipinski definition) is 1. The van der Waals surface area contributed by atoms with E-state index in [4.69, 9.17) is 0 Å². The molecule has 0 saturated carbocycles. The summed E-state index contributed by atoms with van der Waals surface area (Å²) in [7, 11) is 0. The molecule has 0 radical (unpaired) electrons. The number of carbonyl (C=O) groups is 1. The van der Waals surface area contributed by atoms with Crippen molar-refractivity contribution in [1.29, 1.82) is 0 Å². The van der Waals surface area contributed by atoms with Gasteiger partial charge in [-0.25, -0.2) is 0 Å². The Morgan fingerprint density at radius 1 is 1.05 bits per heavy atom. The Balaban J connectivity index is 2.21. The van der Waals surface area contributed by atoms with Crippen LogP contribution in [-0.4, -0.2) is 5.78 Å². The number of carbonyl (C=O) groups excluding carboxylic acids is 1. The molecule has 2 rings (SSSR count). The van der Waals surface area contributed by atoms with Crippen LogP contribution in [0.15, 0.2) is 66.7 Å². The Morgan fingerprint density at radius 2 is 1.67 bits per heavy atom. The summed E-state index contributed by atoms with van der Waals surface area (Å²) >= 11 is 0. The SMILES string of the molecule is C=C(C)CC(C(=O)Cc1ccccc1)c1ccc(C)cc1. The van der Waals surface area contributed by atoms with Gasteiger partial charge in [-0.3, -0.25) is 4.79 Å². The van der Waals surface area contributed by atoms with Crippen LogP contribution in [0.1, 0.15) is 36.0 Å². The molecular weight excluding hydrogens is 256 g/mol. The first-order valence-corrected chi connectivity index (χ1v) is 7.34. The highest BCUT2D eigenvalue weighted by Gasteiger charge is 2.20. The topological polar surface area (TPSA) is 17.1 Å². The molecule has 1 heteroatoms. The number of allylic oxidation sites excluding steroid dienone is 1. The predicted octanol–water partition coefficient (Wildman–Crippen LogP) is 4.86. The highest BCUT2D eigenvalue weighted by Crippen LogP contribution is 2.26. The van der Waals surface area contributed by atoms with Crippen molar-refractivity contribution in [3.8, 4) is 0 Å². The molecule has 0 heterocycles. The molecule has 0 N–H and O–H groups in total. The van der Waals surface area contributed by atoms with E-state index in [0.717, 1.165) is 16.7 Å². The normalized spacial score (nSPS) is 11.9. The van der Waals surface area contributed by atoms with Crippen LogP contribution < -0.4 is 0 Å². The van der Waals surface area contributed by atoms with E-state index in [-0.39, 0.29) is 11.7 Å². The first-order chi connectivity index (χ1) is 10.1. The third-order valence-electron chi connectivity index (χ3n) is 3.64. The standard InChI is InChI=1S/C20H22O/c1-15(2)13-19(18-11-9-16(3)10-12-18)20(21)14-17-7-5-4-6-8-17/h4-12,19H,1,13-14H2,2-3H3. The Labute approximate surface area is 127 Å². The van der Waals surface area contributed by atoms with Gasteiger partial charge in [0.1, 0.15) is 5.78 Å². The fraction of sp³-hybridized carbons (Fsp3) is 0.250. The molecule has 0 fully saturated rings. The number of rotatable bonds is 6. The second-order valence-electron chi connectivity index (χ2n) is 5.75. The van der Waals surface area contributed by atoms with Gasteiger partial charge < -0.3 is 0 Å². The zero-order chi connectivity index (χ0) is 15.2. The van der Waals surface area contributed by atoms with Gasteiger partial charge in [-0.05, 0) is 31.4 Å². The lowest BCUT2D eigenvalue weighted by Gasteiger charge is -2.17. The molecule has 0 spiro atoms. The van der Waals surface area contributed by atoms with Gasteiger partial charge in [0, 0.05) is 12.3 Å². The third kappa shape index (κ3) is 4.42. The Kier molecular flexibility index (Phi) is 5.10. The summed E-state index contributed by atoms with van der Waals surface area (Å²) in [6, 6.07) is 18.2. The monoisotopic (exact) mass is 278 g/mol. The van der Waals surface area contributed by atoms with Gasteiger partial charge in [0.25, 0.3) is 0 Å². The van der Waals surface area contributed by atoms with E-state index in [1.807, 2.05) is 37.3 Å². The van der Waals surface area contributed by atoms with Crippen molar-refractivity contribution in [3.05, 3.63) is 83.4 Å². The molecule has 0 amide bonds. The van der Waals surface area contributed by atoms with Gasteiger partial charge >= 0.3 is 0 Å². The van der Waals surface area contributed by atoms with Crippen LogP contribution in [-0.2, 0) is 11.2 Å². The van der Waals surface area contributed by atoms with Crippen molar-refractivity contribution in [2.24, 2.45) is 0 Å². The average molecular weight is 278 g/mol. The smallest absolute Gasteiger partial charge is 0.145 e. The van der Waals surface area contributed by atoms with Crippen molar-refractivity contribution in [2.75, 3.05) is 0 Å². The maximum Gasteiger partial charge on any atom is 0.145 e. The molecular formula is C20H22O. The number of Topliss-reactive ketones (excluding diaryl/α,β-unsaturated/α-hetero) is 1. The summed E-state index contributed by atoms with van der Waals surface area (Å²) in [4.78, 5) is 12.7. The third-order valence-corrected chi connectivity index (χ3v) is 3.64. The van der Waals surface area contributed by atoms with Crippen molar-refractivity contribution in [1.82, 2.24) is 0 Å². The van der Waals surface area contributed by atoms with E-state index in [0.29, 0.717) is 12.8 Å². The van der Waals surface area contributed by atoms with E-state index in [9.17, 15) is 4.79 Å². The van der Waals surface area contributed by atoms with Crippen LogP contribution in [0, 0.1) is 6.92 Å². The second-order valence-corrected chi connectivity index (χ2v) is 5.75. The largest absolute Gasteiger partial charge is 0.299 e. The van der Waals surface area contributed by atoms with Crippen LogP contribution in [0.25, 0.3) is 0 Å². The highest BCUT2D eigenvalue weighted by atomic mass is 16.1. The summed E-state index contributed by atoms with van der Waals surface area (Å²) in [5.41, 5.74) is 4.41. The van der Waals surface area contributed by atoms with Crippen LogP contribution >= 0.6 is 0 Å². The molecule has 0 aromatic heterocycles. The highest BCUT2D eigenvalue weighted by molar-refractivity contribution is 5.88. The van der Waals surface area contributed by atoms with Crippen LogP contribution in [0.4, 0.5) is 0 Å². The summed E-state index contributed by atoms with van der Waals surface area (Å²) in [5.74, 6) is 0.163. The summed E-state index contributed by atoms with van der Waals surface area (Å²) in [6.07, 6.45) is 1.20. The van der Waals surface area contributed by atoms with Gasteiger partial charge in [-0.1, -0.05) is 65.7 Å². The Bertz CT molecular complexity index is 608. The molecule has 0 aliphatic carbocycles. The molecule has 1 atom stereocenters. The molecule has 2 aromatic rings. The van der Waals surface area contributed by atoms with Crippen LogP contribution in [0.3, 0.4) is 0 Å². The molecule has 2 aromatic carbocycles. The van der Waals surface area contributed by atoms with Crippen molar-refractivity contribution >= 4 is 5.78 Å². The summed E-state index contributed by atoms with van der Waals surface area (Å²) in [6.45, 7) is 8.02. The molecule has 21 heavy (non-hydrogen) atoms. The zero-order valence-electron chi connectivity index (χ0n) is 12.8. The quantitative estimate of drug-likeness (QED) is 0.690. The minimum atomic E-state index is -0.0942. The average Bonchev–Trinajstić information content (AvgIpc) is 2.46. The first-order valence-electron chi connectivity index (χ1n) is 7.34. The lowest BCUT2D eigenvalue weighted by atomic mass is 9.86. The number of benzene rings is 2. The fourth-order valence-corrected chi connectivity index (χ4v) is 2.49. The first kappa shape index (κ1) is 15.2. The summed E-state index contributed by atoms with van der Waals surface area (Å²) in [5, 5.41) is 0. The lowest BCUT2D eigenvalue weighted by molar-refractivity contribution is -0.119. The predicted molar refractivity (Wildman–Crippen MR) is 88.5 cm³/mol. The molecule has 0 aliphatic heterocycles. The molecule has 1 nitrogen and oxygen atoms in total. The van der Waals surface area contributed by atoms with Crippen LogP contribution in [0.2, 0.25) is 0 Å². The van der Waals surface area contributed by atoms with E-state index in [1.165, 1.54) is 5.56 Å². The van der Waals surface area contributed by atoms with E-state index < -0.39 is 0 Å². The van der Waals surface area contributed by atoms with Crippen LogP contribution in [0.5, 0.6) is 0 Å². The van der Waals surface area contributed by atoms with Gasteiger partial charge in [-0.15, -0.1) is 6.58 Å². The lowest BCUT2D eigenvalue weighted by Crippen LogP contribution is -2.15.